The maximum Gasteiger partial charge on any atom is 0.258 e. The van der Waals surface area contributed by atoms with Crippen LogP contribution in [0.4, 0.5) is 10.8 Å². The van der Waals surface area contributed by atoms with Crippen molar-refractivity contribution in [2.45, 2.75) is 6.92 Å². The van der Waals surface area contributed by atoms with E-state index in [1.807, 2.05) is 0 Å². The van der Waals surface area contributed by atoms with Gasteiger partial charge in [0.25, 0.3) is 5.91 Å². The minimum atomic E-state index is -0.392. The SMILES string of the molecule is CC(=O)Nc1nc2ccc(NC(=O)c3c(Cl)cccc3Cl)cc2s1. The van der Waals surface area contributed by atoms with Crippen molar-refractivity contribution < 1.29 is 9.59 Å². The molecule has 2 amide bonds. The van der Waals surface area contributed by atoms with Gasteiger partial charge in [-0.3, -0.25) is 9.59 Å². The summed E-state index contributed by atoms with van der Waals surface area (Å²) in [7, 11) is 0. The predicted octanol–water partition coefficient (Wildman–Crippen LogP) is 4.81. The highest BCUT2D eigenvalue weighted by molar-refractivity contribution is 7.22. The quantitative estimate of drug-likeness (QED) is 0.685. The molecule has 0 saturated heterocycles. The molecule has 0 saturated carbocycles. The topological polar surface area (TPSA) is 71.1 Å². The van der Waals surface area contributed by atoms with Gasteiger partial charge >= 0.3 is 0 Å². The van der Waals surface area contributed by atoms with Gasteiger partial charge < -0.3 is 10.6 Å². The van der Waals surface area contributed by atoms with Crippen LogP contribution in [0.5, 0.6) is 0 Å². The van der Waals surface area contributed by atoms with Crippen molar-refractivity contribution in [3.05, 3.63) is 52.0 Å². The molecular formula is C16H11Cl2N3O2S. The summed E-state index contributed by atoms with van der Waals surface area (Å²) in [6.45, 7) is 1.42. The molecule has 122 valence electrons. The first-order chi connectivity index (χ1) is 11.4. The lowest BCUT2D eigenvalue weighted by Gasteiger charge is -2.08. The third kappa shape index (κ3) is 3.51. The van der Waals surface area contributed by atoms with Gasteiger partial charge in [0.1, 0.15) is 0 Å². The lowest BCUT2D eigenvalue weighted by molar-refractivity contribution is -0.114. The van der Waals surface area contributed by atoms with Crippen molar-refractivity contribution in [3.8, 4) is 0 Å². The predicted molar refractivity (Wildman–Crippen MR) is 98.3 cm³/mol. The van der Waals surface area contributed by atoms with Crippen LogP contribution >= 0.6 is 34.5 Å². The molecule has 0 aliphatic carbocycles. The average molecular weight is 380 g/mol. The summed E-state index contributed by atoms with van der Waals surface area (Å²) in [4.78, 5) is 27.8. The molecule has 3 aromatic rings. The zero-order chi connectivity index (χ0) is 17.3. The van der Waals surface area contributed by atoms with E-state index >= 15 is 0 Å². The summed E-state index contributed by atoms with van der Waals surface area (Å²) in [5, 5.41) is 6.48. The molecule has 0 atom stereocenters. The molecule has 2 N–H and O–H groups in total. The third-order valence-electron chi connectivity index (χ3n) is 3.12. The molecule has 24 heavy (non-hydrogen) atoms. The Hall–Kier alpha value is -2.15. The zero-order valence-electron chi connectivity index (χ0n) is 12.4. The number of amides is 2. The Morgan fingerprint density at radius 3 is 2.46 bits per heavy atom. The Bertz CT molecular complexity index is 935. The number of rotatable bonds is 3. The number of hydrogen-bond acceptors (Lipinski definition) is 4. The molecule has 0 bridgehead atoms. The van der Waals surface area contributed by atoms with Crippen LogP contribution in [0.3, 0.4) is 0 Å². The highest BCUT2D eigenvalue weighted by atomic mass is 35.5. The lowest BCUT2D eigenvalue weighted by atomic mass is 10.2. The van der Waals surface area contributed by atoms with E-state index < -0.39 is 5.91 Å². The molecule has 0 aliphatic heterocycles. The molecule has 2 aromatic carbocycles. The van der Waals surface area contributed by atoms with Crippen LogP contribution in [0.1, 0.15) is 17.3 Å². The number of nitrogens with one attached hydrogen (secondary N) is 2. The van der Waals surface area contributed by atoms with Crippen molar-refractivity contribution in [1.29, 1.82) is 0 Å². The molecule has 0 radical (unpaired) electrons. The van der Waals surface area contributed by atoms with Gasteiger partial charge in [0.2, 0.25) is 5.91 Å². The number of aromatic nitrogens is 1. The molecular weight excluding hydrogens is 369 g/mol. The zero-order valence-corrected chi connectivity index (χ0v) is 14.7. The lowest BCUT2D eigenvalue weighted by Crippen LogP contribution is -2.13. The van der Waals surface area contributed by atoms with Crippen LogP contribution in [-0.2, 0) is 4.79 Å². The number of thiazole rings is 1. The van der Waals surface area contributed by atoms with E-state index in [0.717, 1.165) is 10.2 Å². The number of fused-ring (bicyclic) bond motifs is 1. The van der Waals surface area contributed by atoms with E-state index in [1.54, 1.807) is 36.4 Å². The van der Waals surface area contributed by atoms with Crippen LogP contribution in [0.15, 0.2) is 36.4 Å². The number of benzene rings is 2. The molecule has 1 aromatic heterocycles. The summed E-state index contributed by atoms with van der Waals surface area (Å²) in [6, 6.07) is 10.2. The van der Waals surface area contributed by atoms with Crippen LogP contribution in [0.25, 0.3) is 10.2 Å². The molecule has 8 heteroatoms. The maximum atomic E-state index is 12.4. The Balaban J connectivity index is 1.87. The van der Waals surface area contributed by atoms with E-state index in [9.17, 15) is 9.59 Å². The van der Waals surface area contributed by atoms with Crippen molar-refractivity contribution in [1.82, 2.24) is 4.98 Å². The van der Waals surface area contributed by atoms with E-state index in [0.29, 0.717) is 10.8 Å². The highest BCUT2D eigenvalue weighted by Crippen LogP contribution is 2.30. The van der Waals surface area contributed by atoms with E-state index in [2.05, 4.69) is 15.6 Å². The van der Waals surface area contributed by atoms with Gasteiger partial charge in [0.05, 0.1) is 25.8 Å². The van der Waals surface area contributed by atoms with E-state index in [4.69, 9.17) is 23.2 Å². The first kappa shape index (κ1) is 16.7. The second kappa shape index (κ2) is 6.76. The van der Waals surface area contributed by atoms with Crippen molar-refractivity contribution in [2.75, 3.05) is 10.6 Å². The summed E-state index contributed by atoms with van der Waals surface area (Å²) in [5.41, 5.74) is 1.54. The second-order valence-electron chi connectivity index (χ2n) is 4.93. The third-order valence-corrected chi connectivity index (χ3v) is 4.68. The number of carbonyl (C=O) groups excluding carboxylic acids is 2. The molecule has 0 unspecified atom stereocenters. The first-order valence-corrected chi connectivity index (χ1v) is 8.45. The van der Waals surface area contributed by atoms with Gasteiger partial charge in [-0.15, -0.1) is 0 Å². The number of carbonyl (C=O) groups is 2. The minimum Gasteiger partial charge on any atom is -0.322 e. The molecule has 1 heterocycles. The van der Waals surface area contributed by atoms with Crippen LogP contribution < -0.4 is 10.6 Å². The average Bonchev–Trinajstić information content (AvgIpc) is 2.87. The Morgan fingerprint density at radius 2 is 1.79 bits per heavy atom. The van der Waals surface area contributed by atoms with Gasteiger partial charge in [0, 0.05) is 12.6 Å². The van der Waals surface area contributed by atoms with Crippen LogP contribution in [-0.4, -0.2) is 16.8 Å². The first-order valence-electron chi connectivity index (χ1n) is 6.87. The monoisotopic (exact) mass is 379 g/mol. The number of halogens is 2. The second-order valence-corrected chi connectivity index (χ2v) is 6.78. The Labute approximate surface area is 151 Å². The van der Waals surface area contributed by atoms with Crippen molar-refractivity contribution in [3.63, 3.8) is 0 Å². The number of nitrogens with zero attached hydrogens (tertiary/aromatic N) is 1. The van der Waals surface area contributed by atoms with Crippen molar-refractivity contribution in [2.24, 2.45) is 0 Å². The van der Waals surface area contributed by atoms with Crippen LogP contribution in [0.2, 0.25) is 10.0 Å². The van der Waals surface area contributed by atoms with E-state index in [1.165, 1.54) is 18.3 Å². The normalized spacial score (nSPS) is 10.6. The fourth-order valence-corrected chi connectivity index (χ4v) is 3.64. The standard InChI is InChI=1S/C16H11Cl2N3O2S/c1-8(22)19-16-21-12-6-5-9(7-13(12)24-16)20-15(23)14-10(17)3-2-4-11(14)18/h2-7H,1H3,(H,20,23)(H,19,21,22). The van der Waals surface area contributed by atoms with Gasteiger partial charge in [-0.25, -0.2) is 4.98 Å². The summed E-state index contributed by atoms with van der Waals surface area (Å²) in [6.07, 6.45) is 0. The fraction of sp³-hybridized carbons (Fsp3) is 0.0625. The Morgan fingerprint density at radius 1 is 1.08 bits per heavy atom. The van der Waals surface area contributed by atoms with E-state index in [-0.39, 0.29) is 21.5 Å². The fourth-order valence-electron chi connectivity index (χ4n) is 2.11. The molecule has 0 spiro atoms. The number of anilines is 2. The molecule has 0 aliphatic rings. The summed E-state index contributed by atoms with van der Waals surface area (Å²) in [5.74, 6) is -0.576. The molecule has 5 nitrogen and oxygen atoms in total. The maximum absolute atomic E-state index is 12.4. The minimum absolute atomic E-state index is 0.184. The molecule has 0 fully saturated rings. The Kier molecular flexibility index (Phi) is 4.71. The van der Waals surface area contributed by atoms with Crippen molar-refractivity contribution >= 4 is 67.4 Å². The number of hydrogen-bond donors (Lipinski definition) is 2. The summed E-state index contributed by atoms with van der Waals surface area (Å²) < 4.78 is 0.835. The highest BCUT2D eigenvalue weighted by Gasteiger charge is 2.15. The largest absolute Gasteiger partial charge is 0.322 e. The van der Waals surface area contributed by atoms with Crippen LogP contribution in [0, 0.1) is 0 Å². The molecule has 3 rings (SSSR count). The smallest absolute Gasteiger partial charge is 0.258 e. The van der Waals surface area contributed by atoms with Gasteiger partial charge in [-0.05, 0) is 30.3 Å². The van der Waals surface area contributed by atoms with Gasteiger partial charge in [-0.2, -0.15) is 0 Å². The summed E-state index contributed by atoms with van der Waals surface area (Å²) >= 11 is 13.4. The van der Waals surface area contributed by atoms with Gasteiger partial charge in [-0.1, -0.05) is 40.6 Å². The van der Waals surface area contributed by atoms with Gasteiger partial charge in [0.15, 0.2) is 5.13 Å².